The molecule has 2 heterocycles. The highest BCUT2D eigenvalue weighted by Crippen LogP contribution is 2.21. The second-order valence-electron chi connectivity index (χ2n) is 7.83. The van der Waals surface area contributed by atoms with E-state index >= 15 is 0 Å². The van der Waals surface area contributed by atoms with Crippen LogP contribution in [-0.4, -0.2) is 58.4 Å². The van der Waals surface area contributed by atoms with Crippen molar-refractivity contribution in [3.05, 3.63) is 29.0 Å². The second-order valence-corrected chi connectivity index (χ2v) is 8.21. The Morgan fingerprint density at radius 3 is 2.83 bits per heavy atom. The van der Waals surface area contributed by atoms with E-state index < -0.39 is 0 Å². The van der Waals surface area contributed by atoms with Crippen molar-refractivity contribution in [3.63, 3.8) is 0 Å². The summed E-state index contributed by atoms with van der Waals surface area (Å²) in [7, 11) is 1.64. The number of unbranched alkanes of at least 4 members (excludes halogenated alkanes) is 1. The molecule has 30 heavy (non-hydrogen) atoms. The van der Waals surface area contributed by atoms with Crippen LogP contribution in [0.4, 0.5) is 0 Å². The van der Waals surface area contributed by atoms with Crippen LogP contribution in [0.3, 0.4) is 0 Å². The van der Waals surface area contributed by atoms with Gasteiger partial charge in [-0.25, -0.2) is 0 Å². The van der Waals surface area contributed by atoms with Gasteiger partial charge in [0.05, 0.1) is 7.11 Å². The van der Waals surface area contributed by atoms with Crippen molar-refractivity contribution in [3.8, 4) is 17.1 Å². The summed E-state index contributed by atoms with van der Waals surface area (Å²) < 4.78 is 7.61. The number of nitrogens with zero attached hydrogens (tertiary/aromatic N) is 3. The molecule has 0 spiro atoms. The lowest BCUT2D eigenvalue weighted by Crippen LogP contribution is -2.47. The SMILES string of the molecule is CCCCN1CCCCC1CNC(=O)CCn1c(-c2ccc(OC)cc2)n[nH]c1=S. The fourth-order valence-electron chi connectivity index (χ4n) is 3.97. The van der Waals surface area contributed by atoms with Crippen molar-refractivity contribution >= 4 is 18.1 Å². The van der Waals surface area contributed by atoms with Gasteiger partial charge in [0, 0.05) is 31.1 Å². The molecule has 0 radical (unpaired) electrons. The van der Waals surface area contributed by atoms with E-state index in [1.54, 1.807) is 7.11 Å². The summed E-state index contributed by atoms with van der Waals surface area (Å²) >= 11 is 5.38. The minimum Gasteiger partial charge on any atom is -0.497 e. The molecule has 0 bridgehead atoms. The molecule has 1 aromatic carbocycles. The van der Waals surface area contributed by atoms with Crippen molar-refractivity contribution in [1.29, 1.82) is 0 Å². The van der Waals surface area contributed by atoms with Crippen LogP contribution in [0.1, 0.15) is 45.4 Å². The van der Waals surface area contributed by atoms with Crippen LogP contribution in [0, 0.1) is 4.77 Å². The zero-order chi connectivity index (χ0) is 21.3. The van der Waals surface area contributed by atoms with Crippen LogP contribution in [0.2, 0.25) is 0 Å². The number of likely N-dealkylation sites (tertiary alicyclic amines) is 1. The molecule has 164 valence electrons. The molecule has 1 amide bonds. The van der Waals surface area contributed by atoms with Crippen LogP contribution in [0.15, 0.2) is 24.3 Å². The zero-order valence-electron chi connectivity index (χ0n) is 18.0. The maximum absolute atomic E-state index is 12.5. The standard InChI is InChI=1S/C22H33N5O2S/c1-3-4-13-26-14-6-5-7-18(26)16-23-20(28)12-15-27-21(24-25-22(27)30)17-8-10-19(29-2)11-9-17/h8-11,18H,3-7,12-16H2,1-2H3,(H,23,28)(H,25,30). The molecular weight excluding hydrogens is 398 g/mol. The van der Waals surface area contributed by atoms with Crippen molar-refractivity contribution < 1.29 is 9.53 Å². The Labute approximate surface area is 183 Å². The van der Waals surface area contributed by atoms with E-state index in [9.17, 15) is 4.79 Å². The third-order valence-corrected chi connectivity index (χ3v) is 6.06. The predicted octanol–water partition coefficient (Wildman–Crippen LogP) is 3.78. The van der Waals surface area contributed by atoms with Crippen molar-refractivity contribution in [2.75, 3.05) is 26.7 Å². The minimum absolute atomic E-state index is 0.0554. The van der Waals surface area contributed by atoms with Crippen molar-refractivity contribution in [2.24, 2.45) is 0 Å². The number of methoxy groups -OCH3 is 1. The summed E-state index contributed by atoms with van der Waals surface area (Å²) in [5, 5.41) is 10.3. The highest BCUT2D eigenvalue weighted by Gasteiger charge is 2.22. The van der Waals surface area contributed by atoms with Crippen LogP contribution in [0.5, 0.6) is 5.75 Å². The van der Waals surface area contributed by atoms with E-state index in [1.807, 2.05) is 28.8 Å². The Bertz CT molecular complexity index is 861. The van der Waals surface area contributed by atoms with Gasteiger partial charge >= 0.3 is 0 Å². The topological polar surface area (TPSA) is 75.2 Å². The number of ether oxygens (including phenoxy) is 1. The van der Waals surface area contributed by atoms with Gasteiger partial charge in [-0.2, -0.15) is 5.10 Å². The molecule has 1 aromatic heterocycles. The summed E-state index contributed by atoms with van der Waals surface area (Å²) in [5.74, 6) is 1.57. The quantitative estimate of drug-likeness (QED) is 0.560. The number of aromatic amines is 1. The molecule has 2 aromatic rings. The number of H-pyrrole nitrogens is 1. The Kier molecular flexibility index (Phi) is 8.45. The number of hydrogen-bond acceptors (Lipinski definition) is 5. The first kappa shape index (κ1) is 22.5. The Morgan fingerprint density at radius 1 is 1.30 bits per heavy atom. The largest absolute Gasteiger partial charge is 0.497 e. The Hall–Kier alpha value is -2.19. The summed E-state index contributed by atoms with van der Waals surface area (Å²) in [5.41, 5.74) is 0.928. The molecule has 8 heteroatoms. The number of hydrogen-bond donors (Lipinski definition) is 2. The van der Waals surface area contributed by atoms with Gasteiger partial charge in [-0.3, -0.25) is 19.4 Å². The van der Waals surface area contributed by atoms with Gasteiger partial charge in [-0.05, 0) is 68.8 Å². The monoisotopic (exact) mass is 431 g/mol. The average Bonchev–Trinajstić information content (AvgIpc) is 3.15. The maximum atomic E-state index is 12.5. The predicted molar refractivity (Wildman–Crippen MR) is 121 cm³/mol. The number of carbonyl (C=O) groups excluding carboxylic acids is 1. The highest BCUT2D eigenvalue weighted by atomic mass is 32.1. The fourth-order valence-corrected chi connectivity index (χ4v) is 4.19. The van der Waals surface area contributed by atoms with E-state index in [2.05, 4.69) is 27.3 Å². The van der Waals surface area contributed by atoms with Gasteiger partial charge in [0.2, 0.25) is 5.91 Å². The maximum Gasteiger partial charge on any atom is 0.221 e. The molecule has 0 aliphatic carbocycles. The first-order valence-electron chi connectivity index (χ1n) is 10.9. The molecule has 1 unspecified atom stereocenters. The molecule has 3 rings (SSSR count). The minimum atomic E-state index is 0.0554. The third-order valence-electron chi connectivity index (χ3n) is 5.75. The normalized spacial score (nSPS) is 17.1. The number of rotatable bonds is 10. The zero-order valence-corrected chi connectivity index (χ0v) is 18.8. The van der Waals surface area contributed by atoms with Crippen LogP contribution >= 0.6 is 12.2 Å². The lowest BCUT2D eigenvalue weighted by Gasteiger charge is -2.35. The van der Waals surface area contributed by atoms with Gasteiger partial charge < -0.3 is 10.1 Å². The molecule has 2 N–H and O–H groups in total. The highest BCUT2D eigenvalue weighted by molar-refractivity contribution is 7.71. The van der Waals surface area contributed by atoms with E-state index in [4.69, 9.17) is 17.0 Å². The molecule has 1 fully saturated rings. The van der Waals surface area contributed by atoms with Gasteiger partial charge in [-0.15, -0.1) is 0 Å². The van der Waals surface area contributed by atoms with Crippen LogP contribution in [-0.2, 0) is 11.3 Å². The van der Waals surface area contributed by atoms with Crippen molar-refractivity contribution in [1.82, 2.24) is 25.0 Å². The number of amides is 1. The molecule has 1 saturated heterocycles. The fraction of sp³-hybridized carbons (Fsp3) is 0.591. The van der Waals surface area contributed by atoms with Gasteiger partial charge in [0.25, 0.3) is 0 Å². The molecule has 1 atom stereocenters. The van der Waals surface area contributed by atoms with Crippen molar-refractivity contribution in [2.45, 2.75) is 58.0 Å². The van der Waals surface area contributed by atoms with E-state index in [1.165, 1.54) is 32.1 Å². The number of aromatic nitrogens is 3. The van der Waals surface area contributed by atoms with Crippen LogP contribution in [0.25, 0.3) is 11.4 Å². The molecule has 7 nitrogen and oxygen atoms in total. The lowest BCUT2D eigenvalue weighted by atomic mass is 10.0. The van der Waals surface area contributed by atoms with Gasteiger partial charge in [0.1, 0.15) is 5.75 Å². The van der Waals surface area contributed by atoms with Gasteiger partial charge in [-0.1, -0.05) is 19.8 Å². The average molecular weight is 432 g/mol. The first-order valence-corrected chi connectivity index (χ1v) is 11.3. The Balaban J connectivity index is 1.54. The van der Waals surface area contributed by atoms with E-state index in [-0.39, 0.29) is 5.91 Å². The molecule has 0 saturated carbocycles. The van der Waals surface area contributed by atoms with Gasteiger partial charge in [0.15, 0.2) is 10.6 Å². The number of nitrogens with one attached hydrogen (secondary N) is 2. The van der Waals surface area contributed by atoms with E-state index in [0.717, 1.165) is 36.8 Å². The van der Waals surface area contributed by atoms with E-state index in [0.29, 0.717) is 23.8 Å². The second kappa shape index (κ2) is 11.3. The third kappa shape index (κ3) is 5.92. The summed E-state index contributed by atoms with van der Waals surface area (Å²) in [4.78, 5) is 15.1. The summed E-state index contributed by atoms with van der Waals surface area (Å²) in [6.07, 6.45) is 6.48. The summed E-state index contributed by atoms with van der Waals surface area (Å²) in [6.45, 7) is 5.72. The number of benzene rings is 1. The molecule has 1 aliphatic rings. The summed E-state index contributed by atoms with van der Waals surface area (Å²) in [6, 6.07) is 8.11. The lowest BCUT2D eigenvalue weighted by molar-refractivity contribution is -0.121. The Morgan fingerprint density at radius 2 is 2.10 bits per heavy atom. The number of carbonyl (C=O) groups is 1. The number of piperidine rings is 1. The van der Waals surface area contributed by atoms with Crippen LogP contribution < -0.4 is 10.1 Å². The smallest absolute Gasteiger partial charge is 0.221 e. The molecule has 1 aliphatic heterocycles. The molecular formula is C22H33N5O2S. The first-order chi connectivity index (χ1) is 14.6.